The van der Waals surface area contributed by atoms with Gasteiger partial charge in [0, 0.05) is 19.0 Å². The second kappa shape index (κ2) is 3.04. The Balaban J connectivity index is 2.56. The highest BCUT2D eigenvalue weighted by Crippen LogP contribution is 2.08. The summed E-state index contributed by atoms with van der Waals surface area (Å²) in [5.41, 5.74) is 0. The molecule has 0 aromatic carbocycles. The van der Waals surface area contributed by atoms with Gasteiger partial charge in [0.2, 0.25) is 0 Å². The third kappa shape index (κ3) is 1.31. The number of amidine groups is 1. The molecule has 10 heavy (non-hydrogen) atoms. The highest BCUT2D eigenvalue weighted by molar-refractivity contribution is 5.85. The summed E-state index contributed by atoms with van der Waals surface area (Å²) in [6.07, 6.45) is 0. The van der Waals surface area contributed by atoms with Crippen LogP contribution in [-0.4, -0.2) is 30.4 Å². The highest BCUT2D eigenvalue weighted by Gasteiger charge is 2.16. The second-order valence-electron chi connectivity index (χ2n) is 2.97. The van der Waals surface area contributed by atoms with Gasteiger partial charge in [0.25, 0.3) is 0 Å². The van der Waals surface area contributed by atoms with Gasteiger partial charge in [-0.2, -0.15) is 0 Å². The number of aliphatic imine (C=N–C) groups is 1. The van der Waals surface area contributed by atoms with Crippen LogP contribution in [0.2, 0.25) is 0 Å². The number of hydrogen-bond donors (Lipinski definition) is 0. The molecule has 1 heterocycles. The van der Waals surface area contributed by atoms with Crippen LogP contribution in [0.15, 0.2) is 4.99 Å². The first-order chi connectivity index (χ1) is 4.75. The van der Waals surface area contributed by atoms with E-state index >= 15 is 0 Å². The molecule has 0 amide bonds. The van der Waals surface area contributed by atoms with E-state index in [9.17, 15) is 0 Å². The Bertz CT molecular complexity index is 138. The van der Waals surface area contributed by atoms with Crippen molar-refractivity contribution in [2.75, 3.05) is 19.6 Å². The first-order valence-electron chi connectivity index (χ1n) is 4.05. The highest BCUT2D eigenvalue weighted by atomic mass is 15.2. The van der Waals surface area contributed by atoms with Gasteiger partial charge in [-0.05, 0) is 6.92 Å². The standard InChI is InChI=1S/C8H16N2/c1-4-10-6-5-9-8(10)7(2)3/h7H,4-6H2,1-3H3. The third-order valence-corrected chi connectivity index (χ3v) is 1.87. The minimum Gasteiger partial charge on any atom is -0.359 e. The molecule has 0 aromatic rings. The van der Waals surface area contributed by atoms with Gasteiger partial charge in [-0.25, -0.2) is 0 Å². The molecule has 0 radical (unpaired) electrons. The Kier molecular flexibility index (Phi) is 2.30. The molecule has 0 fully saturated rings. The molecule has 0 aliphatic carbocycles. The Morgan fingerprint density at radius 2 is 2.30 bits per heavy atom. The molecule has 1 rings (SSSR count). The van der Waals surface area contributed by atoms with Crippen molar-refractivity contribution in [1.82, 2.24) is 4.90 Å². The van der Waals surface area contributed by atoms with Crippen molar-refractivity contribution in [2.45, 2.75) is 20.8 Å². The third-order valence-electron chi connectivity index (χ3n) is 1.87. The van der Waals surface area contributed by atoms with Gasteiger partial charge < -0.3 is 4.90 Å². The summed E-state index contributed by atoms with van der Waals surface area (Å²) in [4.78, 5) is 6.78. The smallest absolute Gasteiger partial charge is 0.102 e. The lowest BCUT2D eigenvalue weighted by molar-refractivity contribution is 0.462. The van der Waals surface area contributed by atoms with Crippen LogP contribution in [-0.2, 0) is 0 Å². The maximum absolute atomic E-state index is 4.43. The first-order valence-corrected chi connectivity index (χ1v) is 4.05. The summed E-state index contributed by atoms with van der Waals surface area (Å²) in [6, 6.07) is 0. The maximum Gasteiger partial charge on any atom is 0.102 e. The van der Waals surface area contributed by atoms with Gasteiger partial charge in [-0.15, -0.1) is 0 Å². The molecule has 0 N–H and O–H groups in total. The Morgan fingerprint density at radius 1 is 1.60 bits per heavy atom. The lowest BCUT2D eigenvalue weighted by Gasteiger charge is -2.20. The van der Waals surface area contributed by atoms with Crippen molar-refractivity contribution in [3.63, 3.8) is 0 Å². The second-order valence-corrected chi connectivity index (χ2v) is 2.97. The average molecular weight is 140 g/mol. The fourth-order valence-corrected chi connectivity index (χ4v) is 1.37. The molecule has 2 heteroatoms. The molecule has 0 saturated heterocycles. The minimum atomic E-state index is 0.599. The number of likely N-dealkylation sites (N-methyl/N-ethyl adjacent to an activating group) is 1. The predicted molar refractivity (Wildman–Crippen MR) is 44.4 cm³/mol. The summed E-state index contributed by atoms with van der Waals surface area (Å²) < 4.78 is 0. The molecule has 0 bridgehead atoms. The van der Waals surface area contributed by atoms with Crippen LogP contribution in [0.1, 0.15) is 20.8 Å². The molecule has 1 aliphatic heterocycles. The van der Waals surface area contributed by atoms with Crippen LogP contribution in [0.5, 0.6) is 0 Å². The zero-order valence-electron chi connectivity index (χ0n) is 7.09. The quantitative estimate of drug-likeness (QED) is 0.565. The van der Waals surface area contributed by atoms with E-state index in [-0.39, 0.29) is 0 Å². The lowest BCUT2D eigenvalue weighted by atomic mass is 10.2. The van der Waals surface area contributed by atoms with E-state index in [0.29, 0.717) is 5.92 Å². The molecule has 0 aromatic heterocycles. The van der Waals surface area contributed by atoms with Gasteiger partial charge in [0.05, 0.1) is 6.54 Å². The van der Waals surface area contributed by atoms with Crippen LogP contribution in [0.3, 0.4) is 0 Å². The molecule has 58 valence electrons. The number of hydrogen-bond acceptors (Lipinski definition) is 2. The van der Waals surface area contributed by atoms with E-state index in [1.54, 1.807) is 0 Å². The van der Waals surface area contributed by atoms with E-state index in [2.05, 4.69) is 30.7 Å². The van der Waals surface area contributed by atoms with Gasteiger partial charge in [0.1, 0.15) is 5.84 Å². The van der Waals surface area contributed by atoms with Crippen molar-refractivity contribution in [3.05, 3.63) is 0 Å². The zero-order valence-corrected chi connectivity index (χ0v) is 7.09. The molecule has 0 atom stereocenters. The van der Waals surface area contributed by atoms with Crippen LogP contribution >= 0.6 is 0 Å². The summed E-state index contributed by atoms with van der Waals surface area (Å²) in [6.45, 7) is 9.82. The first kappa shape index (κ1) is 7.58. The molecule has 0 unspecified atom stereocenters. The van der Waals surface area contributed by atoms with Crippen molar-refractivity contribution in [2.24, 2.45) is 10.9 Å². The van der Waals surface area contributed by atoms with Crippen LogP contribution in [0.4, 0.5) is 0 Å². The maximum atomic E-state index is 4.43. The summed E-state index contributed by atoms with van der Waals surface area (Å²) in [7, 11) is 0. The topological polar surface area (TPSA) is 15.6 Å². The SMILES string of the molecule is CCN1CCN=C1C(C)C. The van der Waals surface area contributed by atoms with E-state index in [1.807, 2.05) is 0 Å². The van der Waals surface area contributed by atoms with Crippen LogP contribution in [0, 0.1) is 5.92 Å². The van der Waals surface area contributed by atoms with Gasteiger partial charge in [-0.3, -0.25) is 4.99 Å². The molecular formula is C8H16N2. The molecule has 2 nitrogen and oxygen atoms in total. The summed E-state index contributed by atoms with van der Waals surface area (Å²) in [5.74, 6) is 1.89. The zero-order chi connectivity index (χ0) is 7.56. The molecular weight excluding hydrogens is 124 g/mol. The predicted octanol–water partition coefficient (Wildman–Crippen LogP) is 1.38. The molecule has 1 aliphatic rings. The van der Waals surface area contributed by atoms with Gasteiger partial charge >= 0.3 is 0 Å². The van der Waals surface area contributed by atoms with E-state index in [0.717, 1.165) is 19.6 Å². The monoisotopic (exact) mass is 140 g/mol. The van der Waals surface area contributed by atoms with E-state index in [1.165, 1.54) is 5.84 Å². The number of rotatable bonds is 2. The average Bonchev–Trinajstić information content (AvgIpc) is 2.33. The fourth-order valence-electron chi connectivity index (χ4n) is 1.37. The molecule has 0 saturated carbocycles. The molecule has 0 spiro atoms. The van der Waals surface area contributed by atoms with Crippen molar-refractivity contribution >= 4 is 5.84 Å². The van der Waals surface area contributed by atoms with E-state index < -0.39 is 0 Å². The lowest BCUT2D eigenvalue weighted by Crippen LogP contribution is -2.30. The van der Waals surface area contributed by atoms with Crippen LogP contribution in [0.25, 0.3) is 0 Å². The van der Waals surface area contributed by atoms with Crippen molar-refractivity contribution in [3.8, 4) is 0 Å². The van der Waals surface area contributed by atoms with Crippen LogP contribution < -0.4 is 0 Å². The minimum absolute atomic E-state index is 0.599. The summed E-state index contributed by atoms with van der Waals surface area (Å²) in [5, 5.41) is 0. The van der Waals surface area contributed by atoms with Gasteiger partial charge in [-0.1, -0.05) is 13.8 Å². The van der Waals surface area contributed by atoms with Crippen molar-refractivity contribution < 1.29 is 0 Å². The van der Waals surface area contributed by atoms with E-state index in [4.69, 9.17) is 0 Å². The number of nitrogens with zero attached hydrogens (tertiary/aromatic N) is 2. The van der Waals surface area contributed by atoms with Gasteiger partial charge in [0.15, 0.2) is 0 Å². The largest absolute Gasteiger partial charge is 0.359 e. The fraction of sp³-hybridized carbons (Fsp3) is 0.875. The normalized spacial score (nSPS) is 18.4. The Morgan fingerprint density at radius 3 is 2.70 bits per heavy atom. The Labute approximate surface area is 62.9 Å². The van der Waals surface area contributed by atoms with Crippen molar-refractivity contribution in [1.29, 1.82) is 0 Å². The Hall–Kier alpha value is -0.530. The summed E-state index contributed by atoms with van der Waals surface area (Å²) >= 11 is 0.